The van der Waals surface area contributed by atoms with Crippen LogP contribution in [0.3, 0.4) is 0 Å². The molecule has 0 spiro atoms. The molecule has 282 valence electrons. The molecule has 0 amide bonds. The molecular weight excluding hydrogens is 615 g/mol. The van der Waals surface area contributed by atoms with Crippen molar-refractivity contribution in [2.24, 2.45) is 35.5 Å². The summed E-state index contributed by atoms with van der Waals surface area (Å²) in [7, 11) is 0. The fourth-order valence-electron chi connectivity index (χ4n) is 13.4. The average molecular weight is 697 g/mol. The lowest BCUT2D eigenvalue weighted by Gasteiger charge is -2.53. The van der Waals surface area contributed by atoms with E-state index in [1.807, 2.05) is 0 Å². The quantitative estimate of drug-likeness (QED) is 0.112. The molecule has 6 aliphatic carbocycles. The Morgan fingerprint density at radius 3 is 0.694 bits per heavy atom. The maximum Gasteiger partial charge on any atom is 0.906 e. The van der Waals surface area contributed by atoms with Crippen LogP contribution in [0.4, 0.5) is 0 Å². The lowest BCUT2D eigenvalue weighted by molar-refractivity contribution is -0.172. The Balaban J connectivity index is 1.46. The van der Waals surface area contributed by atoms with Gasteiger partial charge in [0, 0.05) is 16.8 Å². The van der Waals surface area contributed by atoms with E-state index in [9.17, 15) is 0 Å². The zero-order valence-electron chi connectivity index (χ0n) is 33.1. The summed E-state index contributed by atoms with van der Waals surface area (Å²) in [6.45, 7) is 7.26. The lowest BCUT2D eigenvalue weighted by Crippen LogP contribution is -2.60. The Labute approximate surface area is 310 Å². The maximum atomic E-state index is 8.31. The van der Waals surface area contributed by atoms with Crippen LogP contribution in [0.5, 0.6) is 0 Å². The average Bonchev–Trinajstić information content (AvgIpc) is 3.98. The molecule has 3 nitrogen and oxygen atoms in total. The van der Waals surface area contributed by atoms with Crippen LogP contribution >= 0.6 is 0 Å². The van der Waals surface area contributed by atoms with Crippen LogP contribution in [-0.2, 0) is 11.4 Å². The van der Waals surface area contributed by atoms with Crippen molar-refractivity contribution in [1.29, 1.82) is 0 Å². The van der Waals surface area contributed by atoms with E-state index in [1.54, 1.807) is 0 Å². The molecule has 0 aromatic carbocycles. The molecule has 0 N–H and O–H groups in total. The minimum Gasteiger partial charge on any atom is -0.449 e. The molecule has 0 atom stereocenters. The Hall–Kier alpha value is 0.412. The Bertz CT molecular complexity index is 749. The molecular formula is C45H81AlO3. The van der Waals surface area contributed by atoms with Crippen molar-refractivity contribution in [3.05, 3.63) is 0 Å². The van der Waals surface area contributed by atoms with Gasteiger partial charge in [-0.2, -0.15) is 0 Å². The van der Waals surface area contributed by atoms with Gasteiger partial charge >= 0.3 is 15.1 Å². The van der Waals surface area contributed by atoms with Crippen LogP contribution in [-0.4, -0.2) is 32.0 Å². The van der Waals surface area contributed by atoms with Gasteiger partial charge in [0.05, 0.1) is 0 Å². The maximum absolute atomic E-state index is 8.31. The van der Waals surface area contributed by atoms with Crippen LogP contribution in [0.25, 0.3) is 0 Å². The molecule has 6 saturated carbocycles. The molecule has 4 heteroatoms. The normalized spacial score (nSPS) is 24.8. The molecule has 0 aromatic rings. The predicted molar refractivity (Wildman–Crippen MR) is 208 cm³/mol. The highest BCUT2D eigenvalue weighted by Gasteiger charge is 2.61. The molecule has 0 aliphatic heterocycles. The summed E-state index contributed by atoms with van der Waals surface area (Å²) < 4.78 is 24.9. The summed E-state index contributed by atoms with van der Waals surface area (Å²) in [4.78, 5) is 0. The summed E-state index contributed by atoms with van der Waals surface area (Å²) in [5.41, 5.74) is -0.0726. The Morgan fingerprint density at radius 2 is 0.531 bits per heavy atom. The van der Waals surface area contributed by atoms with Crippen molar-refractivity contribution in [3.63, 3.8) is 0 Å². The summed E-state index contributed by atoms with van der Waals surface area (Å²) in [5.74, 6) is 4.22. The van der Waals surface area contributed by atoms with E-state index in [1.165, 1.54) is 212 Å². The smallest absolute Gasteiger partial charge is 0.449 e. The number of hydrogen-bond acceptors (Lipinski definition) is 3. The van der Waals surface area contributed by atoms with Crippen molar-refractivity contribution in [2.75, 3.05) is 0 Å². The van der Waals surface area contributed by atoms with Crippen LogP contribution in [0.2, 0.25) is 0 Å². The molecule has 0 saturated heterocycles. The van der Waals surface area contributed by atoms with Crippen LogP contribution < -0.4 is 0 Å². The molecule has 0 bridgehead atoms. The first-order valence-electron chi connectivity index (χ1n) is 23.1. The highest BCUT2D eigenvalue weighted by atomic mass is 27.3. The third kappa shape index (κ3) is 8.87. The van der Waals surface area contributed by atoms with Crippen molar-refractivity contribution in [3.8, 4) is 0 Å². The van der Waals surface area contributed by atoms with Gasteiger partial charge in [-0.15, -0.1) is 0 Å². The minimum atomic E-state index is -2.57. The molecule has 6 rings (SSSR count). The van der Waals surface area contributed by atoms with Gasteiger partial charge in [0.15, 0.2) is 0 Å². The monoisotopic (exact) mass is 697 g/mol. The van der Waals surface area contributed by atoms with Crippen LogP contribution in [0.1, 0.15) is 233 Å². The standard InChI is InChI=1S/3C15H27O.Al/c3*1-2-3-12-15(16,13-8-4-5-9-13)14-10-6-7-11-14;/h3*13-14H,2-12H2,1H3;/q3*-1;+3. The first kappa shape index (κ1) is 39.1. The van der Waals surface area contributed by atoms with E-state index in [0.717, 1.165) is 0 Å². The Morgan fingerprint density at radius 1 is 0.347 bits per heavy atom. The van der Waals surface area contributed by atoms with Gasteiger partial charge in [0.1, 0.15) is 0 Å². The molecule has 6 fully saturated rings. The van der Waals surface area contributed by atoms with E-state index in [2.05, 4.69) is 20.8 Å². The van der Waals surface area contributed by atoms with Crippen LogP contribution in [0, 0.1) is 35.5 Å². The van der Waals surface area contributed by atoms with Gasteiger partial charge in [0.2, 0.25) is 0 Å². The minimum absolute atomic E-state index is 0.0242. The van der Waals surface area contributed by atoms with Gasteiger partial charge in [-0.1, -0.05) is 136 Å². The van der Waals surface area contributed by atoms with E-state index in [0.29, 0.717) is 35.5 Å². The molecule has 0 aromatic heterocycles. The highest BCUT2D eigenvalue weighted by molar-refractivity contribution is 6.37. The topological polar surface area (TPSA) is 27.7 Å². The summed E-state index contributed by atoms with van der Waals surface area (Å²) >= 11 is -2.57. The zero-order chi connectivity index (χ0) is 34.0. The SMILES string of the molecule is CCCCC([O][Al]([O]C(CCCC)(C1CCCC1)C1CCCC1)[O]C(CCCC)(C1CCCC1)C1CCCC1)(C1CCCC1)C1CCCC1. The predicted octanol–water partition coefficient (Wildman–Crippen LogP) is 13.9. The van der Waals surface area contributed by atoms with Crippen molar-refractivity contribution >= 4 is 15.1 Å². The first-order valence-corrected chi connectivity index (χ1v) is 24.5. The number of unbranched alkanes of at least 4 members (excludes halogenated alkanes) is 3. The van der Waals surface area contributed by atoms with Gasteiger partial charge in [-0.3, -0.25) is 0 Å². The number of hydrogen-bond donors (Lipinski definition) is 0. The second-order valence-corrected chi connectivity index (χ2v) is 20.0. The van der Waals surface area contributed by atoms with Crippen molar-refractivity contribution < 1.29 is 11.4 Å². The van der Waals surface area contributed by atoms with E-state index in [-0.39, 0.29) is 16.8 Å². The molecule has 0 unspecified atom stereocenters. The fraction of sp³-hybridized carbons (Fsp3) is 1.00. The van der Waals surface area contributed by atoms with E-state index >= 15 is 0 Å². The summed E-state index contributed by atoms with van der Waals surface area (Å²) in [6.07, 6.45) is 44.8. The van der Waals surface area contributed by atoms with E-state index in [4.69, 9.17) is 11.4 Å². The molecule has 0 radical (unpaired) electrons. The third-order valence-electron chi connectivity index (χ3n) is 16.0. The van der Waals surface area contributed by atoms with Crippen molar-refractivity contribution in [1.82, 2.24) is 0 Å². The van der Waals surface area contributed by atoms with E-state index < -0.39 is 15.1 Å². The Kier molecular flexibility index (Phi) is 15.3. The second-order valence-electron chi connectivity index (χ2n) is 18.7. The van der Waals surface area contributed by atoms with Gasteiger partial charge in [-0.05, 0) is 132 Å². The largest absolute Gasteiger partial charge is 0.906 e. The molecule has 49 heavy (non-hydrogen) atoms. The number of rotatable bonds is 21. The van der Waals surface area contributed by atoms with Gasteiger partial charge < -0.3 is 11.4 Å². The molecule has 0 heterocycles. The fourth-order valence-corrected chi connectivity index (χ4v) is 16.2. The molecule has 6 aliphatic rings. The van der Waals surface area contributed by atoms with Crippen molar-refractivity contribution in [2.45, 2.75) is 249 Å². The lowest BCUT2D eigenvalue weighted by atomic mass is 9.72. The van der Waals surface area contributed by atoms with Gasteiger partial charge in [0.25, 0.3) is 0 Å². The third-order valence-corrected chi connectivity index (χ3v) is 17.9. The highest BCUT2D eigenvalue weighted by Crippen LogP contribution is 2.55. The summed E-state index contributed by atoms with van der Waals surface area (Å²) in [6, 6.07) is 0. The summed E-state index contributed by atoms with van der Waals surface area (Å²) in [5, 5.41) is 0. The second kappa shape index (κ2) is 19.1. The van der Waals surface area contributed by atoms with Gasteiger partial charge in [-0.25, -0.2) is 0 Å². The van der Waals surface area contributed by atoms with Crippen LogP contribution in [0.15, 0.2) is 0 Å². The first-order chi connectivity index (χ1) is 24.1. The zero-order valence-corrected chi connectivity index (χ0v) is 34.3.